The Balaban J connectivity index is 0.973. The summed E-state index contributed by atoms with van der Waals surface area (Å²) in [4.78, 5) is 19.3. The fourth-order valence-electron chi connectivity index (χ4n) is 10.5. The third-order valence-electron chi connectivity index (χ3n) is 14.8. The van der Waals surface area contributed by atoms with E-state index >= 15 is 0 Å². The van der Waals surface area contributed by atoms with Crippen LogP contribution >= 0.6 is 0 Å². The first kappa shape index (κ1) is 53.4. The maximum absolute atomic E-state index is 6.80. The van der Waals surface area contributed by atoms with Crippen LogP contribution in [-0.4, -0.2) is 47.7 Å². The molecule has 8 heteroatoms. The molecule has 0 bridgehead atoms. The summed E-state index contributed by atoms with van der Waals surface area (Å²) in [5.74, 6) is 1.37. The SMILES string of the molecule is CCCCCCCc1ccc(-c2ccc(-c3ccc(-c4cc5ccccc5c(-c5c(OCOC)c(-c6ccc(-c7ccc(-c8ccc(CCCCCCC)cn8)nc7)cc6)cc6ccccc56)c4OCOC)cc3)cn2)nc1. The molecule has 0 N–H and O–H groups in total. The molecule has 6 aromatic carbocycles. The predicted octanol–water partition coefficient (Wildman–Crippen LogP) is 18.2. The second-order valence-electron chi connectivity index (χ2n) is 20.3. The molecule has 0 saturated heterocycles. The summed E-state index contributed by atoms with van der Waals surface area (Å²) in [7, 11) is 3.30. The predicted molar refractivity (Wildman–Crippen MR) is 321 cm³/mol. The number of nitrogens with zero attached hydrogens (tertiary/aromatic N) is 4. The van der Waals surface area contributed by atoms with Crippen molar-refractivity contribution in [2.24, 2.45) is 0 Å². The molecule has 0 amide bonds. The number of benzene rings is 6. The Hall–Kier alpha value is -8.04. The number of aromatic nitrogens is 4. The zero-order chi connectivity index (χ0) is 53.5. The van der Waals surface area contributed by atoms with Crippen LogP contribution in [0.2, 0.25) is 0 Å². The Morgan fingerprint density at radius 1 is 0.346 bits per heavy atom. The lowest BCUT2D eigenvalue weighted by Gasteiger charge is -2.24. The molecule has 0 spiro atoms. The van der Waals surface area contributed by atoms with E-state index in [1.54, 1.807) is 14.2 Å². The van der Waals surface area contributed by atoms with Gasteiger partial charge >= 0.3 is 0 Å². The van der Waals surface area contributed by atoms with Gasteiger partial charge in [0, 0.05) is 72.4 Å². The molecular weight excluding hydrogens is 961 g/mol. The van der Waals surface area contributed by atoms with E-state index in [1.807, 2.05) is 24.8 Å². The average molecular weight is 1030 g/mol. The lowest BCUT2D eigenvalue weighted by molar-refractivity contribution is 0.0506. The summed E-state index contributed by atoms with van der Waals surface area (Å²) in [5, 5.41) is 4.15. The first-order valence-corrected chi connectivity index (χ1v) is 27.9. The van der Waals surface area contributed by atoms with E-state index < -0.39 is 0 Å². The fraction of sp³-hybridized carbons (Fsp3) is 0.257. The lowest BCUT2D eigenvalue weighted by Crippen LogP contribution is -2.06. The number of methoxy groups -OCH3 is 2. The minimum atomic E-state index is 0.0380. The smallest absolute Gasteiger partial charge is 0.188 e. The van der Waals surface area contributed by atoms with Crippen LogP contribution in [0.3, 0.4) is 0 Å². The van der Waals surface area contributed by atoms with E-state index in [2.05, 4.69) is 172 Å². The minimum Gasteiger partial charge on any atom is -0.466 e. The monoisotopic (exact) mass is 1030 g/mol. The van der Waals surface area contributed by atoms with Gasteiger partial charge in [-0.3, -0.25) is 19.9 Å². The van der Waals surface area contributed by atoms with Crippen LogP contribution in [0.5, 0.6) is 11.5 Å². The topological polar surface area (TPSA) is 88.5 Å². The number of ether oxygens (including phenoxy) is 4. The molecule has 0 aliphatic carbocycles. The molecule has 0 atom stereocenters. The van der Waals surface area contributed by atoms with Gasteiger partial charge in [0.15, 0.2) is 13.6 Å². The number of hydrogen-bond acceptors (Lipinski definition) is 8. The van der Waals surface area contributed by atoms with Gasteiger partial charge in [-0.1, -0.05) is 187 Å². The van der Waals surface area contributed by atoms with Crippen molar-refractivity contribution < 1.29 is 18.9 Å². The van der Waals surface area contributed by atoms with E-state index in [1.165, 1.54) is 75.3 Å². The number of fused-ring (bicyclic) bond motifs is 2. The molecule has 0 aliphatic heterocycles. The van der Waals surface area contributed by atoms with Crippen molar-refractivity contribution >= 4 is 21.5 Å². The van der Waals surface area contributed by atoms with Gasteiger partial charge in [0.25, 0.3) is 0 Å². The molecule has 394 valence electrons. The van der Waals surface area contributed by atoms with Gasteiger partial charge in [0.05, 0.1) is 22.8 Å². The van der Waals surface area contributed by atoms with Gasteiger partial charge in [-0.05, 0) is 117 Å². The van der Waals surface area contributed by atoms with Crippen LogP contribution in [0.1, 0.15) is 89.2 Å². The molecule has 10 aromatic rings. The normalized spacial score (nSPS) is 11.4. The van der Waals surface area contributed by atoms with Crippen molar-refractivity contribution in [3.63, 3.8) is 0 Å². The molecular formula is C70H70N4O4. The summed E-state index contributed by atoms with van der Waals surface area (Å²) >= 11 is 0. The van der Waals surface area contributed by atoms with Crippen molar-refractivity contribution in [2.45, 2.75) is 90.9 Å². The van der Waals surface area contributed by atoms with Crippen LogP contribution in [0.15, 0.2) is 183 Å². The molecule has 8 nitrogen and oxygen atoms in total. The largest absolute Gasteiger partial charge is 0.466 e. The standard InChI is InChI=1S/C70H70N4O4/c1-5-7-9-11-13-19-49-25-37-63(71-43-49)65-39-35-57(45-73-65)51-27-31-53(32-28-51)61-41-55-21-15-17-23-59(55)67(69(61)77-47-75-3)68-60-24-18-16-22-56(60)42-62(70(68)78-48-76-4)54-33-29-52(30-34-54)58-36-40-66(74-46-58)64-38-26-50(44-72-64)20-14-12-10-8-6-2/h15-18,21-46H,5-14,19-20,47-48H2,1-4H3. The zero-order valence-electron chi connectivity index (χ0n) is 45.6. The van der Waals surface area contributed by atoms with Crippen molar-refractivity contribution in [3.8, 4) is 89.9 Å². The van der Waals surface area contributed by atoms with Crippen molar-refractivity contribution in [2.75, 3.05) is 27.8 Å². The molecule has 10 rings (SSSR count). The van der Waals surface area contributed by atoms with Crippen molar-refractivity contribution in [1.29, 1.82) is 0 Å². The van der Waals surface area contributed by atoms with Crippen molar-refractivity contribution in [1.82, 2.24) is 19.9 Å². The average Bonchev–Trinajstić information content (AvgIpc) is 3.69. The van der Waals surface area contributed by atoms with Crippen LogP contribution in [-0.2, 0) is 22.3 Å². The zero-order valence-corrected chi connectivity index (χ0v) is 45.6. The highest BCUT2D eigenvalue weighted by Gasteiger charge is 2.26. The van der Waals surface area contributed by atoms with E-state index in [4.69, 9.17) is 38.9 Å². The van der Waals surface area contributed by atoms with E-state index in [0.717, 1.165) is 113 Å². The minimum absolute atomic E-state index is 0.0380. The van der Waals surface area contributed by atoms with Crippen LogP contribution in [0, 0.1) is 0 Å². The number of hydrogen-bond donors (Lipinski definition) is 0. The van der Waals surface area contributed by atoms with Gasteiger partial charge in [0.1, 0.15) is 11.5 Å². The fourth-order valence-corrected chi connectivity index (χ4v) is 10.5. The number of unbranched alkanes of at least 4 members (excludes halogenated alkanes) is 8. The Morgan fingerprint density at radius 3 is 1.06 bits per heavy atom. The molecule has 0 aliphatic rings. The molecule has 78 heavy (non-hydrogen) atoms. The van der Waals surface area contributed by atoms with Gasteiger partial charge in [0.2, 0.25) is 0 Å². The van der Waals surface area contributed by atoms with Gasteiger partial charge in [-0.15, -0.1) is 0 Å². The second kappa shape index (κ2) is 26.3. The molecule has 0 fully saturated rings. The highest BCUT2D eigenvalue weighted by atomic mass is 16.7. The summed E-state index contributed by atoms with van der Waals surface area (Å²) < 4.78 is 24.9. The van der Waals surface area contributed by atoms with E-state index in [9.17, 15) is 0 Å². The summed E-state index contributed by atoms with van der Waals surface area (Å²) in [6, 6.07) is 55.5. The quantitative estimate of drug-likeness (QED) is 0.0413. The summed E-state index contributed by atoms with van der Waals surface area (Å²) in [6.07, 6.45) is 22.7. The van der Waals surface area contributed by atoms with Crippen molar-refractivity contribution in [3.05, 3.63) is 194 Å². The Labute approximate surface area is 460 Å². The third kappa shape index (κ3) is 12.5. The van der Waals surface area contributed by atoms with E-state index in [-0.39, 0.29) is 13.6 Å². The van der Waals surface area contributed by atoms with Gasteiger partial charge in [-0.2, -0.15) is 0 Å². The van der Waals surface area contributed by atoms with Crippen LogP contribution in [0.4, 0.5) is 0 Å². The summed E-state index contributed by atoms with van der Waals surface area (Å²) in [6.45, 7) is 4.58. The maximum Gasteiger partial charge on any atom is 0.188 e. The second-order valence-corrected chi connectivity index (χ2v) is 20.3. The molecule has 4 heterocycles. The highest BCUT2D eigenvalue weighted by molar-refractivity contribution is 6.14. The Morgan fingerprint density at radius 2 is 0.705 bits per heavy atom. The third-order valence-corrected chi connectivity index (χ3v) is 14.8. The Bertz CT molecular complexity index is 3290. The van der Waals surface area contributed by atoms with E-state index in [0.29, 0.717) is 11.5 Å². The van der Waals surface area contributed by atoms with Gasteiger partial charge in [-0.25, -0.2) is 0 Å². The van der Waals surface area contributed by atoms with Gasteiger partial charge < -0.3 is 18.9 Å². The molecule has 0 saturated carbocycles. The lowest BCUT2D eigenvalue weighted by atomic mass is 9.86. The van der Waals surface area contributed by atoms with Crippen LogP contribution in [0.25, 0.3) is 100.0 Å². The highest BCUT2D eigenvalue weighted by Crippen LogP contribution is 2.52. The first-order valence-electron chi connectivity index (χ1n) is 27.9. The summed E-state index contributed by atoms with van der Waals surface area (Å²) in [5.41, 5.74) is 15.8. The first-order chi connectivity index (χ1) is 38.5. The Kier molecular flexibility index (Phi) is 18.0. The maximum atomic E-state index is 6.80. The molecule has 4 aromatic heterocycles. The number of rotatable bonds is 25. The number of aryl methyl sites for hydroxylation is 2. The number of pyridine rings is 4. The molecule has 0 radical (unpaired) electrons. The molecule has 0 unspecified atom stereocenters. The van der Waals surface area contributed by atoms with Crippen LogP contribution < -0.4 is 9.47 Å².